The topological polar surface area (TPSA) is 53.6 Å². The fraction of sp³-hybridized carbons (Fsp3) is 0.929. The van der Waals surface area contributed by atoms with E-state index in [9.17, 15) is 4.79 Å². The maximum absolute atomic E-state index is 12.0. The first-order valence-electron chi connectivity index (χ1n) is 7.38. The van der Waals surface area contributed by atoms with E-state index in [0.717, 1.165) is 38.9 Å². The molecule has 1 saturated heterocycles. The predicted octanol–water partition coefficient (Wildman–Crippen LogP) is 1.30. The summed E-state index contributed by atoms with van der Waals surface area (Å²) in [5.74, 6) is 0.369. The summed E-state index contributed by atoms with van der Waals surface area (Å²) >= 11 is 0. The Morgan fingerprint density at radius 1 is 1.33 bits per heavy atom. The molecule has 0 saturated carbocycles. The van der Waals surface area contributed by atoms with E-state index in [1.807, 2.05) is 6.92 Å². The third kappa shape index (κ3) is 10.3. The Bertz CT molecular complexity index is 263. The average molecular weight is 344 g/mol. The fourth-order valence-electron chi connectivity index (χ4n) is 2.33. The summed E-state index contributed by atoms with van der Waals surface area (Å²) in [4.78, 5) is 14.2. The molecule has 128 valence electrons. The van der Waals surface area contributed by atoms with Crippen molar-refractivity contribution in [1.29, 1.82) is 0 Å². The van der Waals surface area contributed by atoms with Gasteiger partial charge in [0.05, 0.1) is 6.10 Å². The van der Waals surface area contributed by atoms with Crippen molar-refractivity contribution in [2.24, 2.45) is 5.92 Å². The molecule has 7 heteroatoms. The molecule has 21 heavy (non-hydrogen) atoms. The summed E-state index contributed by atoms with van der Waals surface area (Å²) in [5.41, 5.74) is 0. The Morgan fingerprint density at radius 3 is 2.48 bits per heavy atom. The molecule has 0 aromatic rings. The van der Waals surface area contributed by atoms with E-state index < -0.39 is 0 Å². The lowest BCUT2D eigenvalue weighted by Crippen LogP contribution is -2.42. The second-order valence-corrected chi connectivity index (χ2v) is 5.44. The van der Waals surface area contributed by atoms with E-state index in [4.69, 9.17) is 4.74 Å². The second kappa shape index (κ2) is 13.6. The number of hydrogen-bond donors (Lipinski definition) is 2. The van der Waals surface area contributed by atoms with Crippen molar-refractivity contribution < 1.29 is 9.53 Å². The van der Waals surface area contributed by atoms with Gasteiger partial charge in [0.1, 0.15) is 0 Å². The van der Waals surface area contributed by atoms with E-state index >= 15 is 0 Å². The maximum Gasteiger partial charge on any atom is 0.223 e. The molecule has 0 radical (unpaired) electrons. The number of carbonyl (C=O) groups excluding carboxylic acids is 1. The highest BCUT2D eigenvalue weighted by atomic mass is 35.5. The summed E-state index contributed by atoms with van der Waals surface area (Å²) in [5, 5.41) is 6.33. The van der Waals surface area contributed by atoms with Crippen molar-refractivity contribution in [3.8, 4) is 0 Å². The van der Waals surface area contributed by atoms with Crippen LogP contribution in [0.3, 0.4) is 0 Å². The Hall–Kier alpha value is -0.0700. The van der Waals surface area contributed by atoms with Crippen LogP contribution in [-0.2, 0) is 9.53 Å². The van der Waals surface area contributed by atoms with Crippen LogP contribution in [0.15, 0.2) is 0 Å². The van der Waals surface area contributed by atoms with E-state index in [1.54, 1.807) is 0 Å². The summed E-state index contributed by atoms with van der Waals surface area (Å²) in [6, 6.07) is 0. The second-order valence-electron chi connectivity index (χ2n) is 5.44. The van der Waals surface area contributed by atoms with Crippen LogP contribution in [0.4, 0.5) is 0 Å². The van der Waals surface area contributed by atoms with Crippen LogP contribution in [0.25, 0.3) is 0 Å². The number of carbonyl (C=O) groups is 1. The number of amides is 1. The van der Waals surface area contributed by atoms with Gasteiger partial charge in [0, 0.05) is 25.6 Å². The third-order valence-electron chi connectivity index (χ3n) is 3.51. The highest BCUT2D eigenvalue weighted by Gasteiger charge is 2.21. The first-order valence-corrected chi connectivity index (χ1v) is 7.38. The van der Waals surface area contributed by atoms with Crippen LogP contribution in [0, 0.1) is 5.92 Å². The average Bonchev–Trinajstić information content (AvgIpc) is 2.42. The number of piperidine rings is 1. The van der Waals surface area contributed by atoms with Gasteiger partial charge in [-0.05, 0) is 53.4 Å². The molecule has 0 aromatic heterocycles. The largest absolute Gasteiger partial charge is 0.377 e. The van der Waals surface area contributed by atoms with Crippen molar-refractivity contribution in [2.45, 2.75) is 32.3 Å². The van der Waals surface area contributed by atoms with Crippen LogP contribution < -0.4 is 10.6 Å². The molecule has 0 aliphatic carbocycles. The van der Waals surface area contributed by atoms with Crippen LogP contribution in [0.2, 0.25) is 0 Å². The van der Waals surface area contributed by atoms with Crippen molar-refractivity contribution in [3.05, 3.63) is 0 Å². The van der Waals surface area contributed by atoms with Gasteiger partial charge < -0.3 is 20.3 Å². The molecule has 1 aliphatic rings. The Balaban J connectivity index is 0. The summed E-state index contributed by atoms with van der Waals surface area (Å²) in [6.45, 7) is 6.21. The number of rotatable bonds is 8. The fourth-order valence-corrected chi connectivity index (χ4v) is 2.33. The lowest BCUT2D eigenvalue weighted by Gasteiger charge is -2.24. The van der Waals surface area contributed by atoms with E-state index in [-0.39, 0.29) is 42.7 Å². The first kappa shape index (κ1) is 23.2. The molecule has 0 bridgehead atoms. The van der Waals surface area contributed by atoms with Crippen LogP contribution >= 0.6 is 24.8 Å². The molecule has 1 heterocycles. The molecule has 1 unspecified atom stereocenters. The molecule has 1 amide bonds. The van der Waals surface area contributed by atoms with Gasteiger partial charge in [-0.25, -0.2) is 0 Å². The zero-order valence-corrected chi connectivity index (χ0v) is 15.0. The summed E-state index contributed by atoms with van der Waals surface area (Å²) < 4.78 is 5.68. The smallest absolute Gasteiger partial charge is 0.223 e. The minimum absolute atomic E-state index is 0. The minimum Gasteiger partial charge on any atom is -0.377 e. The normalized spacial score (nSPS) is 16.8. The number of ether oxygens (including phenoxy) is 1. The van der Waals surface area contributed by atoms with E-state index in [2.05, 4.69) is 29.6 Å². The molecule has 1 rings (SSSR count). The van der Waals surface area contributed by atoms with Crippen LogP contribution in [0.5, 0.6) is 0 Å². The zero-order valence-electron chi connectivity index (χ0n) is 13.4. The molecular weight excluding hydrogens is 313 g/mol. The Labute approximate surface area is 141 Å². The van der Waals surface area contributed by atoms with Crippen LogP contribution in [0.1, 0.15) is 26.2 Å². The molecular formula is C14H31Cl2N3O2. The van der Waals surface area contributed by atoms with Gasteiger partial charge in [-0.2, -0.15) is 0 Å². The first-order chi connectivity index (χ1) is 9.13. The van der Waals surface area contributed by atoms with Crippen molar-refractivity contribution >= 4 is 30.7 Å². The monoisotopic (exact) mass is 343 g/mol. The van der Waals surface area contributed by atoms with E-state index in [1.165, 1.54) is 0 Å². The highest BCUT2D eigenvalue weighted by Crippen LogP contribution is 2.11. The number of nitrogens with one attached hydrogen (secondary N) is 2. The molecule has 1 fully saturated rings. The van der Waals surface area contributed by atoms with Gasteiger partial charge in [-0.3, -0.25) is 4.79 Å². The SMILES string of the molecule is CCOC(CCN(C)C)CNC(=O)C1CCNCC1.Cl.Cl. The van der Waals surface area contributed by atoms with Crippen molar-refractivity contribution in [1.82, 2.24) is 15.5 Å². The van der Waals surface area contributed by atoms with Gasteiger partial charge in [0.25, 0.3) is 0 Å². The standard InChI is InChI=1S/C14H29N3O2.2ClH/c1-4-19-13(7-10-17(2)3)11-16-14(18)12-5-8-15-9-6-12;;/h12-13,15H,4-11H2,1-3H3,(H,16,18);2*1H. The molecule has 2 N–H and O–H groups in total. The van der Waals surface area contributed by atoms with Crippen LogP contribution in [-0.4, -0.2) is 63.8 Å². The Kier molecular flexibility index (Phi) is 15.0. The third-order valence-corrected chi connectivity index (χ3v) is 3.51. The minimum atomic E-state index is 0. The molecule has 5 nitrogen and oxygen atoms in total. The zero-order chi connectivity index (χ0) is 14.1. The van der Waals surface area contributed by atoms with Gasteiger partial charge >= 0.3 is 0 Å². The van der Waals surface area contributed by atoms with Gasteiger partial charge in [0.15, 0.2) is 0 Å². The number of nitrogens with zero attached hydrogens (tertiary/aromatic N) is 1. The Morgan fingerprint density at radius 2 is 1.95 bits per heavy atom. The molecule has 1 atom stereocenters. The van der Waals surface area contributed by atoms with Gasteiger partial charge in [-0.15, -0.1) is 24.8 Å². The lowest BCUT2D eigenvalue weighted by molar-refractivity contribution is -0.126. The summed E-state index contributed by atoms with van der Waals surface area (Å²) in [6.07, 6.45) is 2.97. The number of halogens is 2. The molecule has 1 aliphatic heterocycles. The number of hydrogen-bond acceptors (Lipinski definition) is 4. The quantitative estimate of drug-likeness (QED) is 0.697. The lowest BCUT2D eigenvalue weighted by atomic mass is 9.97. The molecule has 0 aromatic carbocycles. The maximum atomic E-state index is 12.0. The van der Waals surface area contributed by atoms with E-state index in [0.29, 0.717) is 13.2 Å². The van der Waals surface area contributed by atoms with Crippen molar-refractivity contribution in [2.75, 3.05) is 46.9 Å². The summed E-state index contributed by atoms with van der Waals surface area (Å²) in [7, 11) is 4.10. The molecule has 0 spiro atoms. The van der Waals surface area contributed by atoms with Gasteiger partial charge in [0.2, 0.25) is 5.91 Å². The van der Waals surface area contributed by atoms with Crippen molar-refractivity contribution in [3.63, 3.8) is 0 Å². The predicted molar refractivity (Wildman–Crippen MR) is 91.7 cm³/mol. The highest BCUT2D eigenvalue weighted by molar-refractivity contribution is 5.85. The van der Waals surface area contributed by atoms with Gasteiger partial charge in [-0.1, -0.05) is 0 Å².